The van der Waals surface area contributed by atoms with Crippen LogP contribution in [0.25, 0.3) is 0 Å². The number of ether oxygens (including phenoxy) is 1. The van der Waals surface area contributed by atoms with Crippen LogP contribution in [-0.2, 0) is 0 Å². The average molecular weight is 178 g/mol. The second kappa shape index (κ2) is 3.12. The van der Waals surface area contributed by atoms with Gasteiger partial charge in [-0.05, 0) is 12.8 Å². The lowest BCUT2D eigenvalue weighted by Gasteiger charge is -2.02. The van der Waals surface area contributed by atoms with E-state index in [4.69, 9.17) is 4.74 Å². The molecular weight excluding hydrogens is 168 g/mol. The topological polar surface area (TPSA) is 52.1 Å². The van der Waals surface area contributed by atoms with E-state index in [0.29, 0.717) is 18.1 Å². The summed E-state index contributed by atoms with van der Waals surface area (Å²) in [5.74, 6) is 1.19. The van der Waals surface area contributed by atoms with Gasteiger partial charge < -0.3 is 4.74 Å². The first-order valence-corrected chi connectivity index (χ1v) is 4.21. The number of carbonyl (C=O) groups excluding carboxylic acids is 1. The van der Waals surface area contributed by atoms with Gasteiger partial charge in [0, 0.05) is 12.0 Å². The summed E-state index contributed by atoms with van der Waals surface area (Å²) >= 11 is 0. The highest BCUT2D eigenvalue weighted by Crippen LogP contribution is 2.39. The van der Waals surface area contributed by atoms with Crippen LogP contribution in [0.3, 0.4) is 0 Å². The Kier molecular flexibility index (Phi) is 1.96. The SMILES string of the molecule is COc1cc(C2CC2)nc(C=O)n1. The monoisotopic (exact) mass is 178 g/mol. The third-order valence-electron chi connectivity index (χ3n) is 2.05. The Bertz CT molecular complexity index is 334. The molecule has 1 aromatic rings. The van der Waals surface area contributed by atoms with E-state index in [0.717, 1.165) is 18.5 Å². The van der Waals surface area contributed by atoms with E-state index in [1.807, 2.05) is 0 Å². The molecule has 4 nitrogen and oxygen atoms in total. The molecule has 1 aliphatic rings. The van der Waals surface area contributed by atoms with Crippen LogP contribution in [0.5, 0.6) is 5.88 Å². The molecule has 0 radical (unpaired) electrons. The minimum atomic E-state index is 0.209. The van der Waals surface area contributed by atoms with Crippen molar-refractivity contribution < 1.29 is 9.53 Å². The van der Waals surface area contributed by atoms with Gasteiger partial charge in [0.1, 0.15) is 0 Å². The largest absolute Gasteiger partial charge is 0.481 e. The minimum absolute atomic E-state index is 0.209. The lowest BCUT2D eigenvalue weighted by Crippen LogP contribution is -1.99. The summed E-state index contributed by atoms with van der Waals surface area (Å²) in [6.07, 6.45) is 2.95. The first-order valence-electron chi connectivity index (χ1n) is 4.21. The molecule has 4 heteroatoms. The summed E-state index contributed by atoms with van der Waals surface area (Å²) in [6, 6.07) is 1.80. The standard InChI is InChI=1S/C9H10N2O2/c1-13-9-4-7(6-2-3-6)10-8(5-12)11-9/h4-6H,2-3H2,1H3. The normalized spacial score (nSPS) is 15.5. The molecule has 0 unspecified atom stereocenters. The smallest absolute Gasteiger partial charge is 0.216 e. The van der Waals surface area contributed by atoms with Gasteiger partial charge in [-0.25, -0.2) is 4.98 Å². The highest BCUT2D eigenvalue weighted by molar-refractivity contribution is 5.69. The molecule has 68 valence electrons. The van der Waals surface area contributed by atoms with Crippen molar-refractivity contribution in [1.29, 1.82) is 0 Å². The van der Waals surface area contributed by atoms with Gasteiger partial charge in [-0.1, -0.05) is 0 Å². The lowest BCUT2D eigenvalue weighted by atomic mass is 10.3. The Hall–Kier alpha value is -1.45. The maximum atomic E-state index is 10.5. The Labute approximate surface area is 76.0 Å². The first kappa shape index (κ1) is 8.16. The highest BCUT2D eigenvalue weighted by Gasteiger charge is 2.26. The van der Waals surface area contributed by atoms with E-state index in [-0.39, 0.29) is 5.82 Å². The molecule has 13 heavy (non-hydrogen) atoms. The highest BCUT2D eigenvalue weighted by atomic mass is 16.5. The fraction of sp³-hybridized carbons (Fsp3) is 0.444. The fourth-order valence-electron chi connectivity index (χ4n) is 1.21. The summed E-state index contributed by atoms with van der Waals surface area (Å²) in [4.78, 5) is 18.5. The maximum absolute atomic E-state index is 10.5. The van der Waals surface area contributed by atoms with Crippen molar-refractivity contribution in [2.75, 3.05) is 7.11 Å². The molecule has 1 heterocycles. The zero-order valence-corrected chi connectivity index (χ0v) is 7.36. The summed E-state index contributed by atoms with van der Waals surface area (Å²) in [5, 5.41) is 0. The van der Waals surface area contributed by atoms with Gasteiger partial charge in [0.25, 0.3) is 0 Å². The quantitative estimate of drug-likeness (QED) is 0.652. The zero-order chi connectivity index (χ0) is 9.26. The summed E-state index contributed by atoms with van der Waals surface area (Å²) in [7, 11) is 1.54. The second-order valence-electron chi connectivity index (χ2n) is 3.09. The van der Waals surface area contributed by atoms with Crippen LogP contribution in [0.2, 0.25) is 0 Å². The zero-order valence-electron chi connectivity index (χ0n) is 7.36. The molecule has 0 saturated heterocycles. The summed E-state index contributed by atoms with van der Waals surface area (Å²) < 4.78 is 4.97. The average Bonchev–Trinajstić information content (AvgIpc) is 3.00. The number of carbonyl (C=O) groups is 1. The van der Waals surface area contributed by atoms with E-state index in [1.165, 1.54) is 7.11 Å². The number of rotatable bonds is 3. The van der Waals surface area contributed by atoms with Gasteiger partial charge in [0.05, 0.1) is 12.8 Å². The lowest BCUT2D eigenvalue weighted by molar-refractivity contribution is 0.111. The van der Waals surface area contributed by atoms with Crippen LogP contribution < -0.4 is 4.74 Å². The summed E-state index contributed by atoms with van der Waals surface area (Å²) in [6.45, 7) is 0. The van der Waals surface area contributed by atoms with E-state index in [9.17, 15) is 4.79 Å². The molecular formula is C9H10N2O2. The van der Waals surface area contributed by atoms with Crippen molar-refractivity contribution in [2.24, 2.45) is 0 Å². The number of aromatic nitrogens is 2. The van der Waals surface area contributed by atoms with Gasteiger partial charge in [0.2, 0.25) is 5.88 Å². The maximum Gasteiger partial charge on any atom is 0.216 e. The Morgan fingerprint density at radius 1 is 1.54 bits per heavy atom. The molecule has 0 N–H and O–H groups in total. The van der Waals surface area contributed by atoms with Crippen LogP contribution in [-0.4, -0.2) is 23.4 Å². The van der Waals surface area contributed by atoms with Crippen molar-refractivity contribution in [3.8, 4) is 5.88 Å². The molecule has 1 fully saturated rings. The fourth-order valence-corrected chi connectivity index (χ4v) is 1.21. The Balaban J connectivity index is 2.38. The van der Waals surface area contributed by atoms with Crippen molar-refractivity contribution in [1.82, 2.24) is 9.97 Å². The predicted molar refractivity (Wildman–Crippen MR) is 45.9 cm³/mol. The van der Waals surface area contributed by atoms with Gasteiger partial charge in [-0.2, -0.15) is 4.98 Å². The number of aldehydes is 1. The Morgan fingerprint density at radius 2 is 2.31 bits per heavy atom. The summed E-state index contributed by atoms with van der Waals surface area (Å²) in [5.41, 5.74) is 0.925. The molecule has 0 aliphatic heterocycles. The molecule has 0 amide bonds. The molecule has 0 bridgehead atoms. The van der Waals surface area contributed by atoms with Crippen LogP contribution in [0.1, 0.15) is 35.1 Å². The van der Waals surface area contributed by atoms with Crippen LogP contribution >= 0.6 is 0 Å². The third kappa shape index (κ3) is 1.66. The van der Waals surface area contributed by atoms with Crippen molar-refractivity contribution in [2.45, 2.75) is 18.8 Å². The van der Waals surface area contributed by atoms with Gasteiger partial charge >= 0.3 is 0 Å². The van der Waals surface area contributed by atoms with Crippen LogP contribution in [0.4, 0.5) is 0 Å². The second-order valence-corrected chi connectivity index (χ2v) is 3.09. The molecule has 0 aromatic carbocycles. The van der Waals surface area contributed by atoms with E-state index < -0.39 is 0 Å². The van der Waals surface area contributed by atoms with E-state index in [2.05, 4.69) is 9.97 Å². The van der Waals surface area contributed by atoms with Gasteiger partial charge in [-0.15, -0.1) is 0 Å². The Morgan fingerprint density at radius 3 is 2.85 bits per heavy atom. The van der Waals surface area contributed by atoms with Crippen molar-refractivity contribution in [3.05, 3.63) is 17.6 Å². The van der Waals surface area contributed by atoms with Crippen LogP contribution in [0.15, 0.2) is 6.07 Å². The van der Waals surface area contributed by atoms with Gasteiger partial charge in [-0.3, -0.25) is 4.79 Å². The van der Waals surface area contributed by atoms with Crippen molar-refractivity contribution >= 4 is 6.29 Å². The van der Waals surface area contributed by atoms with Crippen LogP contribution in [0, 0.1) is 0 Å². The predicted octanol–water partition coefficient (Wildman–Crippen LogP) is 1.18. The molecule has 1 saturated carbocycles. The van der Waals surface area contributed by atoms with E-state index in [1.54, 1.807) is 6.07 Å². The molecule has 0 atom stereocenters. The molecule has 1 aromatic heterocycles. The van der Waals surface area contributed by atoms with Gasteiger partial charge in [0.15, 0.2) is 12.1 Å². The van der Waals surface area contributed by atoms with E-state index >= 15 is 0 Å². The molecule has 1 aliphatic carbocycles. The first-order chi connectivity index (χ1) is 6.33. The minimum Gasteiger partial charge on any atom is -0.481 e. The third-order valence-corrected chi connectivity index (χ3v) is 2.05. The number of hydrogen-bond donors (Lipinski definition) is 0. The molecule has 2 rings (SSSR count). The number of nitrogens with zero attached hydrogens (tertiary/aromatic N) is 2. The molecule has 0 spiro atoms. The number of methoxy groups -OCH3 is 1. The van der Waals surface area contributed by atoms with Crippen molar-refractivity contribution in [3.63, 3.8) is 0 Å². The number of hydrogen-bond acceptors (Lipinski definition) is 4.